The third-order valence-electron chi connectivity index (χ3n) is 5.02. The highest BCUT2D eigenvalue weighted by atomic mass is 32.1. The Labute approximate surface area is 184 Å². The standard InChI is InChI=1S/C23H24N4OS2/c1-14-5-7-18(8-6-14)12-27-16(3)22(15(2)26-27)23(28)24-11-19-9-10-21(30-19)20-13-29-17(4)25-20/h5-10,13H,11-12H2,1-4H3,(H,24,28). The second kappa shape index (κ2) is 8.53. The van der Waals surface area contributed by atoms with Gasteiger partial charge in [0, 0.05) is 16.0 Å². The molecule has 4 rings (SSSR count). The van der Waals surface area contributed by atoms with Crippen LogP contribution >= 0.6 is 22.7 Å². The number of carbonyl (C=O) groups is 1. The topological polar surface area (TPSA) is 59.8 Å². The van der Waals surface area contributed by atoms with Crippen LogP contribution in [0.1, 0.15) is 42.8 Å². The first-order chi connectivity index (χ1) is 14.4. The number of nitrogens with one attached hydrogen (secondary N) is 1. The summed E-state index contributed by atoms with van der Waals surface area (Å²) in [5.41, 5.74) is 5.70. The number of thiophene rings is 1. The number of rotatable bonds is 6. The normalized spacial score (nSPS) is 11.1. The maximum absolute atomic E-state index is 12.9. The summed E-state index contributed by atoms with van der Waals surface area (Å²) >= 11 is 3.31. The van der Waals surface area contributed by atoms with Crippen molar-refractivity contribution < 1.29 is 4.79 Å². The number of carbonyl (C=O) groups excluding carboxylic acids is 1. The number of hydrogen-bond donors (Lipinski definition) is 1. The molecule has 0 atom stereocenters. The maximum Gasteiger partial charge on any atom is 0.255 e. The maximum atomic E-state index is 12.9. The van der Waals surface area contributed by atoms with Gasteiger partial charge in [0.1, 0.15) is 0 Å². The van der Waals surface area contributed by atoms with Crippen LogP contribution in [-0.2, 0) is 13.1 Å². The van der Waals surface area contributed by atoms with Gasteiger partial charge in [0.05, 0.1) is 39.9 Å². The largest absolute Gasteiger partial charge is 0.347 e. The molecule has 154 valence electrons. The first kappa shape index (κ1) is 20.5. The molecule has 1 N–H and O–H groups in total. The molecular formula is C23H24N4OS2. The molecule has 3 heterocycles. The third kappa shape index (κ3) is 4.37. The summed E-state index contributed by atoms with van der Waals surface area (Å²) in [5.74, 6) is -0.0837. The zero-order chi connectivity index (χ0) is 21.3. The van der Waals surface area contributed by atoms with Crippen molar-refractivity contribution in [1.29, 1.82) is 0 Å². The first-order valence-corrected chi connectivity index (χ1v) is 11.5. The fourth-order valence-corrected chi connectivity index (χ4v) is 4.98. The zero-order valence-corrected chi connectivity index (χ0v) is 19.2. The Kier molecular flexibility index (Phi) is 5.83. The number of benzene rings is 1. The minimum absolute atomic E-state index is 0.0837. The molecule has 0 unspecified atom stereocenters. The third-order valence-corrected chi connectivity index (χ3v) is 6.90. The highest BCUT2D eigenvalue weighted by Gasteiger charge is 2.19. The van der Waals surface area contributed by atoms with Crippen molar-refractivity contribution in [2.24, 2.45) is 0 Å². The molecule has 0 spiro atoms. The molecule has 4 aromatic rings. The predicted molar refractivity (Wildman–Crippen MR) is 123 cm³/mol. The van der Waals surface area contributed by atoms with E-state index < -0.39 is 0 Å². The molecule has 0 bridgehead atoms. The van der Waals surface area contributed by atoms with Gasteiger partial charge >= 0.3 is 0 Å². The van der Waals surface area contributed by atoms with Crippen molar-refractivity contribution in [2.45, 2.75) is 40.8 Å². The van der Waals surface area contributed by atoms with E-state index in [0.29, 0.717) is 18.7 Å². The number of aryl methyl sites for hydroxylation is 3. The van der Waals surface area contributed by atoms with Gasteiger partial charge in [0.2, 0.25) is 0 Å². The number of hydrogen-bond acceptors (Lipinski definition) is 5. The molecular weight excluding hydrogens is 412 g/mol. The Balaban J connectivity index is 1.44. The Morgan fingerprint density at radius 3 is 2.53 bits per heavy atom. The average molecular weight is 437 g/mol. The van der Waals surface area contributed by atoms with Crippen LogP contribution in [0.3, 0.4) is 0 Å². The van der Waals surface area contributed by atoms with Gasteiger partial charge in [-0.15, -0.1) is 22.7 Å². The molecule has 1 amide bonds. The number of thiazole rings is 1. The van der Waals surface area contributed by atoms with Crippen LogP contribution in [0.2, 0.25) is 0 Å². The van der Waals surface area contributed by atoms with E-state index in [1.54, 1.807) is 22.7 Å². The van der Waals surface area contributed by atoms with E-state index in [-0.39, 0.29) is 5.91 Å². The van der Waals surface area contributed by atoms with Gasteiger partial charge in [0.15, 0.2) is 0 Å². The number of nitrogens with zero attached hydrogens (tertiary/aromatic N) is 3. The van der Waals surface area contributed by atoms with Crippen molar-refractivity contribution in [3.63, 3.8) is 0 Å². The quantitative estimate of drug-likeness (QED) is 0.447. The van der Waals surface area contributed by atoms with E-state index in [9.17, 15) is 4.79 Å². The Bertz CT molecular complexity index is 1180. The summed E-state index contributed by atoms with van der Waals surface area (Å²) in [5, 5.41) is 10.8. The van der Waals surface area contributed by atoms with Crippen LogP contribution in [0.5, 0.6) is 0 Å². The molecule has 0 fully saturated rings. The summed E-state index contributed by atoms with van der Waals surface area (Å²) in [4.78, 5) is 19.6. The van der Waals surface area contributed by atoms with Crippen molar-refractivity contribution in [3.05, 3.63) is 79.7 Å². The Hall–Kier alpha value is -2.77. The summed E-state index contributed by atoms with van der Waals surface area (Å²) in [6.07, 6.45) is 0. The van der Waals surface area contributed by atoms with Gasteiger partial charge in [0.25, 0.3) is 5.91 Å². The smallest absolute Gasteiger partial charge is 0.255 e. The van der Waals surface area contributed by atoms with E-state index in [0.717, 1.165) is 31.8 Å². The lowest BCUT2D eigenvalue weighted by molar-refractivity contribution is 0.0950. The van der Waals surface area contributed by atoms with Crippen LogP contribution < -0.4 is 5.32 Å². The monoisotopic (exact) mass is 436 g/mol. The molecule has 0 aliphatic heterocycles. The van der Waals surface area contributed by atoms with E-state index >= 15 is 0 Å². The fourth-order valence-electron chi connectivity index (χ4n) is 3.39. The van der Waals surface area contributed by atoms with Crippen molar-refractivity contribution >= 4 is 28.6 Å². The first-order valence-electron chi connectivity index (χ1n) is 9.79. The molecule has 0 saturated carbocycles. The molecule has 0 saturated heterocycles. The van der Waals surface area contributed by atoms with Gasteiger partial charge in [-0.3, -0.25) is 9.48 Å². The van der Waals surface area contributed by atoms with Crippen molar-refractivity contribution in [1.82, 2.24) is 20.1 Å². The zero-order valence-electron chi connectivity index (χ0n) is 17.5. The van der Waals surface area contributed by atoms with E-state index in [1.165, 1.54) is 11.1 Å². The van der Waals surface area contributed by atoms with Crippen molar-refractivity contribution in [2.75, 3.05) is 0 Å². The second-order valence-corrected chi connectivity index (χ2v) is 9.62. The minimum Gasteiger partial charge on any atom is -0.347 e. The van der Waals surface area contributed by atoms with Gasteiger partial charge in [-0.05, 0) is 45.4 Å². The van der Waals surface area contributed by atoms with Crippen LogP contribution in [0.15, 0.2) is 41.8 Å². The summed E-state index contributed by atoms with van der Waals surface area (Å²) in [6.45, 7) is 9.07. The van der Waals surface area contributed by atoms with Gasteiger partial charge in [-0.1, -0.05) is 29.8 Å². The molecule has 0 aliphatic rings. The molecule has 7 heteroatoms. The number of aromatic nitrogens is 3. The lowest BCUT2D eigenvalue weighted by atomic mass is 10.1. The lowest BCUT2D eigenvalue weighted by Gasteiger charge is -2.07. The van der Waals surface area contributed by atoms with E-state index in [2.05, 4.69) is 64.1 Å². The van der Waals surface area contributed by atoms with Gasteiger partial charge in [-0.2, -0.15) is 5.10 Å². The fraction of sp³-hybridized carbons (Fsp3) is 0.261. The molecule has 3 aromatic heterocycles. The van der Waals surface area contributed by atoms with E-state index in [1.807, 2.05) is 25.5 Å². The average Bonchev–Trinajstić information content (AvgIpc) is 3.42. The summed E-state index contributed by atoms with van der Waals surface area (Å²) in [7, 11) is 0. The van der Waals surface area contributed by atoms with Gasteiger partial charge < -0.3 is 5.32 Å². The van der Waals surface area contributed by atoms with E-state index in [4.69, 9.17) is 0 Å². The predicted octanol–water partition coefficient (Wildman–Crippen LogP) is 5.28. The van der Waals surface area contributed by atoms with Crippen LogP contribution in [0.25, 0.3) is 10.6 Å². The molecule has 0 radical (unpaired) electrons. The van der Waals surface area contributed by atoms with Crippen LogP contribution in [-0.4, -0.2) is 20.7 Å². The number of amides is 1. The SMILES string of the molecule is Cc1ccc(Cn2nc(C)c(C(=O)NCc3ccc(-c4csc(C)n4)s3)c2C)cc1. The second-order valence-electron chi connectivity index (χ2n) is 7.39. The highest BCUT2D eigenvalue weighted by Crippen LogP contribution is 2.29. The van der Waals surface area contributed by atoms with Crippen molar-refractivity contribution in [3.8, 4) is 10.6 Å². The molecule has 1 aromatic carbocycles. The highest BCUT2D eigenvalue weighted by molar-refractivity contribution is 7.16. The summed E-state index contributed by atoms with van der Waals surface area (Å²) in [6, 6.07) is 12.5. The Morgan fingerprint density at radius 1 is 1.07 bits per heavy atom. The molecule has 5 nitrogen and oxygen atoms in total. The van der Waals surface area contributed by atoms with Crippen LogP contribution in [0.4, 0.5) is 0 Å². The van der Waals surface area contributed by atoms with Gasteiger partial charge in [-0.25, -0.2) is 4.98 Å². The summed E-state index contributed by atoms with van der Waals surface area (Å²) < 4.78 is 1.91. The Morgan fingerprint density at radius 2 is 1.83 bits per heavy atom. The molecule has 30 heavy (non-hydrogen) atoms. The minimum atomic E-state index is -0.0837. The van der Waals surface area contributed by atoms with Crippen LogP contribution in [0, 0.1) is 27.7 Å². The lowest BCUT2D eigenvalue weighted by Crippen LogP contribution is -2.23. The molecule has 0 aliphatic carbocycles.